The summed E-state index contributed by atoms with van der Waals surface area (Å²) in [4.78, 5) is 24.8. The van der Waals surface area contributed by atoms with Crippen LogP contribution in [-0.4, -0.2) is 42.9 Å². The number of nitrogens with zero attached hydrogens (tertiary/aromatic N) is 1. The minimum atomic E-state index is -0.606. The molecule has 1 unspecified atom stereocenters. The smallest absolute Gasteiger partial charge is 0.317 e. The topological polar surface area (TPSA) is 46.6 Å². The number of ether oxygens (including phenoxy) is 1. The van der Waals surface area contributed by atoms with Crippen LogP contribution in [0.25, 0.3) is 0 Å². The third-order valence-electron chi connectivity index (χ3n) is 2.82. The lowest BCUT2D eigenvalue weighted by Crippen LogP contribution is -2.40. The number of carbonyl (C=O) groups is 2. The number of esters is 1. The molecular formula is C9H15NO3. The van der Waals surface area contributed by atoms with E-state index in [1.165, 1.54) is 7.11 Å². The third-order valence-corrected chi connectivity index (χ3v) is 2.82. The molecule has 4 nitrogen and oxygen atoms in total. The van der Waals surface area contributed by atoms with E-state index in [2.05, 4.69) is 4.74 Å². The number of likely N-dealkylation sites (tertiary alicyclic amines) is 1. The van der Waals surface area contributed by atoms with E-state index in [-0.39, 0.29) is 5.78 Å². The molecule has 74 valence electrons. The second-order valence-corrected chi connectivity index (χ2v) is 3.88. The van der Waals surface area contributed by atoms with Gasteiger partial charge in [0.2, 0.25) is 0 Å². The third kappa shape index (κ3) is 1.46. The number of methoxy groups -OCH3 is 1. The van der Waals surface area contributed by atoms with Gasteiger partial charge < -0.3 is 4.74 Å². The monoisotopic (exact) mass is 185 g/mol. The number of hydrogen-bond acceptors (Lipinski definition) is 4. The first-order valence-corrected chi connectivity index (χ1v) is 4.24. The van der Waals surface area contributed by atoms with Gasteiger partial charge in [0.1, 0.15) is 5.92 Å². The van der Waals surface area contributed by atoms with Gasteiger partial charge in [-0.2, -0.15) is 0 Å². The SMILES string of the molecule is COC(=O)C1CN(C)C(C)(C)C1=O. The Labute approximate surface area is 77.8 Å². The highest BCUT2D eigenvalue weighted by molar-refractivity contribution is 6.05. The quantitative estimate of drug-likeness (QED) is 0.428. The summed E-state index contributed by atoms with van der Waals surface area (Å²) in [7, 11) is 3.14. The molecule has 0 aromatic rings. The molecule has 0 bridgehead atoms. The number of carbonyl (C=O) groups excluding carboxylic acids is 2. The summed E-state index contributed by atoms with van der Waals surface area (Å²) in [6, 6.07) is 0. The summed E-state index contributed by atoms with van der Waals surface area (Å²) in [6.45, 7) is 4.09. The first kappa shape index (κ1) is 10.2. The fraction of sp³-hybridized carbons (Fsp3) is 0.778. The van der Waals surface area contributed by atoms with Gasteiger partial charge in [0, 0.05) is 6.54 Å². The highest BCUT2D eigenvalue weighted by atomic mass is 16.5. The molecule has 0 spiro atoms. The lowest BCUT2D eigenvalue weighted by Gasteiger charge is -2.24. The predicted octanol–water partition coefficient (Wildman–Crippen LogP) is 0.0687. The van der Waals surface area contributed by atoms with Crippen molar-refractivity contribution in [3.8, 4) is 0 Å². The molecule has 1 rings (SSSR count). The first-order valence-electron chi connectivity index (χ1n) is 4.24. The molecule has 0 aromatic heterocycles. The van der Waals surface area contributed by atoms with Crippen LogP contribution in [-0.2, 0) is 14.3 Å². The van der Waals surface area contributed by atoms with E-state index in [0.29, 0.717) is 6.54 Å². The summed E-state index contributed by atoms with van der Waals surface area (Å²) in [6.07, 6.45) is 0. The van der Waals surface area contributed by atoms with E-state index in [1.54, 1.807) is 0 Å². The molecule has 0 saturated carbocycles. The minimum Gasteiger partial charge on any atom is -0.468 e. The molecule has 1 fully saturated rings. The molecule has 13 heavy (non-hydrogen) atoms. The van der Waals surface area contributed by atoms with E-state index in [9.17, 15) is 9.59 Å². The van der Waals surface area contributed by atoms with Crippen molar-refractivity contribution in [2.45, 2.75) is 19.4 Å². The zero-order chi connectivity index (χ0) is 10.2. The number of Topliss-reactive ketones (excluding diaryl/α,β-unsaturated/α-hetero) is 1. The predicted molar refractivity (Wildman–Crippen MR) is 47.2 cm³/mol. The van der Waals surface area contributed by atoms with Crippen LogP contribution in [0.4, 0.5) is 0 Å². The van der Waals surface area contributed by atoms with Crippen molar-refractivity contribution in [3.63, 3.8) is 0 Å². The van der Waals surface area contributed by atoms with Crippen molar-refractivity contribution >= 4 is 11.8 Å². The molecule has 0 aliphatic carbocycles. The maximum atomic E-state index is 11.7. The highest BCUT2D eigenvalue weighted by Crippen LogP contribution is 2.27. The molecule has 0 N–H and O–H groups in total. The van der Waals surface area contributed by atoms with Crippen LogP contribution < -0.4 is 0 Å². The van der Waals surface area contributed by atoms with Gasteiger partial charge >= 0.3 is 5.97 Å². The molecule has 1 aliphatic heterocycles. The van der Waals surface area contributed by atoms with Crippen molar-refractivity contribution in [2.24, 2.45) is 5.92 Å². The fourth-order valence-electron chi connectivity index (χ4n) is 1.52. The number of hydrogen-bond donors (Lipinski definition) is 0. The van der Waals surface area contributed by atoms with Gasteiger partial charge in [-0.05, 0) is 20.9 Å². The molecule has 0 aromatic carbocycles. The summed E-state index contributed by atoms with van der Waals surface area (Å²) in [5.74, 6) is -1.09. The fourth-order valence-corrected chi connectivity index (χ4v) is 1.52. The Hall–Kier alpha value is -0.900. The maximum absolute atomic E-state index is 11.7. The molecule has 0 amide bonds. The van der Waals surface area contributed by atoms with Gasteiger partial charge in [-0.25, -0.2) is 0 Å². The van der Waals surface area contributed by atoms with Crippen LogP contribution in [0.5, 0.6) is 0 Å². The van der Waals surface area contributed by atoms with Crippen LogP contribution in [0.15, 0.2) is 0 Å². The van der Waals surface area contributed by atoms with Crippen LogP contribution in [0.2, 0.25) is 0 Å². The Morgan fingerprint density at radius 3 is 2.46 bits per heavy atom. The Balaban J connectivity index is 2.86. The van der Waals surface area contributed by atoms with Gasteiger partial charge in [0.15, 0.2) is 5.78 Å². The highest BCUT2D eigenvalue weighted by Gasteiger charge is 2.48. The van der Waals surface area contributed by atoms with E-state index in [4.69, 9.17) is 0 Å². The number of ketones is 1. The number of rotatable bonds is 1. The summed E-state index contributed by atoms with van der Waals surface area (Å²) in [5.41, 5.74) is -0.543. The van der Waals surface area contributed by atoms with Crippen molar-refractivity contribution in [2.75, 3.05) is 20.7 Å². The molecular weight excluding hydrogens is 170 g/mol. The Morgan fingerprint density at radius 2 is 2.15 bits per heavy atom. The first-order chi connectivity index (χ1) is 5.91. The Kier molecular flexibility index (Phi) is 2.43. The van der Waals surface area contributed by atoms with Crippen LogP contribution >= 0.6 is 0 Å². The van der Waals surface area contributed by atoms with Gasteiger partial charge in [-0.3, -0.25) is 14.5 Å². The van der Waals surface area contributed by atoms with Crippen LogP contribution in [0.1, 0.15) is 13.8 Å². The van der Waals surface area contributed by atoms with Crippen molar-refractivity contribution in [1.29, 1.82) is 0 Å². The summed E-state index contributed by atoms with van der Waals surface area (Å²) < 4.78 is 4.56. The Bertz CT molecular complexity index is 247. The second kappa shape index (κ2) is 3.10. The van der Waals surface area contributed by atoms with Crippen LogP contribution in [0, 0.1) is 5.92 Å². The maximum Gasteiger partial charge on any atom is 0.317 e. The molecule has 1 atom stereocenters. The largest absolute Gasteiger partial charge is 0.468 e. The average molecular weight is 185 g/mol. The van der Waals surface area contributed by atoms with E-state index >= 15 is 0 Å². The average Bonchev–Trinajstić information content (AvgIpc) is 2.28. The van der Waals surface area contributed by atoms with Gasteiger partial charge in [0.05, 0.1) is 12.6 Å². The molecule has 0 radical (unpaired) electrons. The van der Waals surface area contributed by atoms with Gasteiger partial charge in [-0.1, -0.05) is 0 Å². The number of likely N-dealkylation sites (N-methyl/N-ethyl adjacent to an activating group) is 1. The summed E-state index contributed by atoms with van der Waals surface area (Å²) >= 11 is 0. The normalized spacial score (nSPS) is 27.7. The second-order valence-electron chi connectivity index (χ2n) is 3.88. The van der Waals surface area contributed by atoms with Gasteiger partial charge in [0.25, 0.3) is 0 Å². The molecule has 1 heterocycles. The minimum absolute atomic E-state index is 0.0538. The van der Waals surface area contributed by atoms with Crippen molar-refractivity contribution < 1.29 is 14.3 Å². The molecule has 1 saturated heterocycles. The lowest BCUT2D eigenvalue weighted by molar-refractivity contribution is -0.148. The standard InChI is InChI=1S/C9H15NO3/c1-9(2)7(11)6(5-10(9)3)8(12)13-4/h6H,5H2,1-4H3. The van der Waals surface area contributed by atoms with E-state index in [0.717, 1.165) is 0 Å². The van der Waals surface area contributed by atoms with E-state index in [1.807, 2.05) is 25.8 Å². The Morgan fingerprint density at radius 1 is 1.62 bits per heavy atom. The summed E-state index contributed by atoms with van der Waals surface area (Å²) in [5, 5.41) is 0. The molecule has 1 aliphatic rings. The lowest BCUT2D eigenvalue weighted by atomic mass is 9.95. The zero-order valence-electron chi connectivity index (χ0n) is 8.46. The van der Waals surface area contributed by atoms with Crippen LogP contribution in [0.3, 0.4) is 0 Å². The molecule has 4 heteroatoms. The van der Waals surface area contributed by atoms with Crippen molar-refractivity contribution in [1.82, 2.24) is 4.90 Å². The zero-order valence-corrected chi connectivity index (χ0v) is 8.46. The van der Waals surface area contributed by atoms with E-state index < -0.39 is 17.4 Å². The van der Waals surface area contributed by atoms with Gasteiger partial charge in [-0.15, -0.1) is 0 Å². The van der Waals surface area contributed by atoms with Crippen molar-refractivity contribution in [3.05, 3.63) is 0 Å².